The van der Waals surface area contributed by atoms with E-state index in [0.29, 0.717) is 0 Å². The molecule has 1 aromatic heterocycles. The van der Waals surface area contributed by atoms with Crippen LogP contribution in [0, 0.1) is 0 Å². The predicted octanol–water partition coefficient (Wildman–Crippen LogP) is 3.73. The summed E-state index contributed by atoms with van der Waals surface area (Å²) < 4.78 is 2.92. The van der Waals surface area contributed by atoms with Crippen molar-refractivity contribution in [2.75, 3.05) is 7.05 Å². The molecule has 3 nitrogen and oxygen atoms in total. The van der Waals surface area contributed by atoms with Crippen LogP contribution in [0.5, 0.6) is 0 Å². The first-order valence-corrected chi connectivity index (χ1v) is 7.37. The van der Waals surface area contributed by atoms with E-state index in [9.17, 15) is 0 Å². The fraction of sp³-hybridized carbons (Fsp3) is 0.357. The molecule has 1 aromatic carbocycles. The Morgan fingerprint density at radius 2 is 2.26 bits per heavy atom. The lowest BCUT2D eigenvalue weighted by atomic mass is 10.0. The number of benzene rings is 1. The lowest BCUT2D eigenvalue weighted by Gasteiger charge is -2.18. The molecule has 1 atom stereocenters. The Morgan fingerprint density at radius 3 is 2.89 bits per heavy atom. The van der Waals surface area contributed by atoms with Crippen LogP contribution < -0.4 is 5.32 Å². The minimum atomic E-state index is 0.272. The molecule has 0 aliphatic carbocycles. The number of aryl methyl sites for hydroxylation is 2. The summed E-state index contributed by atoms with van der Waals surface area (Å²) in [4.78, 5) is 0. The molecule has 1 heterocycles. The fourth-order valence-corrected chi connectivity index (χ4v) is 2.85. The van der Waals surface area contributed by atoms with Crippen LogP contribution in [-0.4, -0.2) is 16.8 Å². The summed E-state index contributed by atoms with van der Waals surface area (Å²) in [6, 6.07) is 6.17. The highest BCUT2D eigenvalue weighted by Gasteiger charge is 2.13. The summed E-state index contributed by atoms with van der Waals surface area (Å²) in [6.45, 7) is 0. The van der Waals surface area contributed by atoms with Gasteiger partial charge in [0.1, 0.15) is 0 Å². The standard InChI is InChI=1S/C14H17BrClN3/c1-17-14(6-3-10-8-18-19(2)9-10)12-7-11(16)4-5-13(12)15/h4-5,7-9,14,17H,3,6H2,1-2H3. The molecule has 1 N–H and O–H groups in total. The number of nitrogens with one attached hydrogen (secondary N) is 1. The van der Waals surface area contributed by atoms with Gasteiger partial charge >= 0.3 is 0 Å². The second-order valence-electron chi connectivity index (χ2n) is 4.57. The number of hydrogen-bond acceptors (Lipinski definition) is 2. The van der Waals surface area contributed by atoms with Crippen molar-refractivity contribution in [2.45, 2.75) is 18.9 Å². The van der Waals surface area contributed by atoms with Gasteiger partial charge in [-0.05, 0) is 49.2 Å². The molecule has 5 heteroatoms. The van der Waals surface area contributed by atoms with Crippen molar-refractivity contribution in [3.8, 4) is 0 Å². The average Bonchev–Trinajstić information content (AvgIpc) is 2.80. The van der Waals surface area contributed by atoms with Crippen LogP contribution in [0.4, 0.5) is 0 Å². The molecule has 0 aliphatic heterocycles. The van der Waals surface area contributed by atoms with Gasteiger partial charge in [0.05, 0.1) is 6.20 Å². The van der Waals surface area contributed by atoms with Gasteiger partial charge in [0.25, 0.3) is 0 Å². The van der Waals surface area contributed by atoms with Gasteiger partial charge in [-0.3, -0.25) is 4.68 Å². The van der Waals surface area contributed by atoms with Crippen molar-refractivity contribution in [1.82, 2.24) is 15.1 Å². The van der Waals surface area contributed by atoms with Gasteiger partial charge in [0, 0.05) is 28.8 Å². The van der Waals surface area contributed by atoms with Gasteiger partial charge in [-0.25, -0.2) is 0 Å². The van der Waals surface area contributed by atoms with Crippen molar-refractivity contribution in [3.63, 3.8) is 0 Å². The van der Waals surface area contributed by atoms with E-state index in [2.05, 4.69) is 32.5 Å². The Labute approximate surface area is 127 Å². The fourth-order valence-electron chi connectivity index (χ4n) is 2.15. The van der Waals surface area contributed by atoms with E-state index in [1.807, 2.05) is 43.2 Å². The maximum Gasteiger partial charge on any atom is 0.0521 e. The van der Waals surface area contributed by atoms with Crippen molar-refractivity contribution in [1.29, 1.82) is 0 Å². The van der Waals surface area contributed by atoms with Gasteiger partial charge in [0.15, 0.2) is 0 Å². The molecule has 0 saturated carbocycles. The highest BCUT2D eigenvalue weighted by atomic mass is 79.9. The highest BCUT2D eigenvalue weighted by Crippen LogP contribution is 2.29. The van der Waals surface area contributed by atoms with Crippen LogP contribution in [0.3, 0.4) is 0 Å². The van der Waals surface area contributed by atoms with Gasteiger partial charge < -0.3 is 5.32 Å². The van der Waals surface area contributed by atoms with E-state index < -0.39 is 0 Å². The normalized spacial score (nSPS) is 12.6. The summed E-state index contributed by atoms with van der Waals surface area (Å²) in [5.41, 5.74) is 2.44. The predicted molar refractivity (Wildman–Crippen MR) is 82.5 cm³/mol. The maximum atomic E-state index is 6.08. The van der Waals surface area contributed by atoms with Crippen LogP contribution in [0.1, 0.15) is 23.6 Å². The zero-order chi connectivity index (χ0) is 13.8. The van der Waals surface area contributed by atoms with Gasteiger partial charge in [0.2, 0.25) is 0 Å². The zero-order valence-corrected chi connectivity index (χ0v) is 13.4. The molecule has 19 heavy (non-hydrogen) atoms. The van der Waals surface area contributed by atoms with E-state index >= 15 is 0 Å². The molecule has 0 bridgehead atoms. The number of hydrogen-bond donors (Lipinski definition) is 1. The number of aromatic nitrogens is 2. The molecule has 2 aromatic rings. The molecule has 0 radical (unpaired) electrons. The molecule has 1 unspecified atom stereocenters. The SMILES string of the molecule is CNC(CCc1cnn(C)c1)c1cc(Cl)ccc1Br. The molecule has 0 amide bonds. The van der Waals surface area contributed by atoms with Crippen LogP contribution >= 0.6 is 27.5 Å². The quantitative estimate of drug-likeness (QED) is 0.897. The summed E-state index contributed by atoms with van der Waals surface area (Å²) in [7, 11) is 3.91. The first-order valence-electron chi connectivity index (χ1n) is 6.20. The zero-order valence-electron chi connectivity index (χ0n) is 11.0. The minimum Gasteiger partial charge on any atom is -0.313 e. The largest absolute Gasteiger partial charge is 0.313 e. The smallest absolute Gasteiger partial charge is 0.0521 e. The van der Waals surface area contributed by atoms with E-state index in [-0.39, 0.29) is 6.04 Å². The molecule has 0 saturated heterocycles. The van der Waals surface area contributed by atoms with Crippen LogP contribution in [0.2, 0.25) is 5.02 Å². The third-order valence-electron chi connectivity index (χ3n) is 3.16. The van der Waals surface area contributed by atoms with Crippen LogP contribution in [0.15, 0.2) is 35.1 Å². The molecule has 2 rings (SSSR count). The van der Waals surface area contributed by atoms with Crippen LogP contribution in [0.25, 0.3) is 0 Å². The summed E-state index contributed by atoms with van der Waals surface area (Å²) in [5, 5.41) is 8.30. The Morgan fingerprint density at radius 1 is 1.47 bits per heavy atom. The Hall–Kier alpha value is -0.840. The van der Waals surface area contributed by atoms with E-state index in [4.69, 9.17) is 11.6 Å². The van der Waals surface area contributed by atoms with Crippen molar-refractivity contribution < 1.29 is 0 Å². The number of nitrogens with zero attached hydrogens (tertiary/aromatic N) is 2. The topological polar surface area (TPSA) is 29.9 Å². The summed E-state index contributed by atoms with van der Waals surface area (Å²) >= 11 is 9.66. The third kappa shape index (κ3) is 3.81. The van der Waals surface area contributed by atoms with E-state index in [1.165, 1.54) is 11.1 Å². The van der Waals surface area contributed by atoms with Gasteiger partial charge in [-0.15, -0.1) is 0 Å². The monoisotopic (exact) mass is 341 g/mol. The van der Waals surface area contributed by atoms with Crippen molar-refractivity contribution >= 4 is 27.5 Å². The first-order chi connectivity index (χ1) is 9.10. The van der Waals surface area contributed by atoms with Crippen LogP contribution in [-0.2, 0) is 13.5 Å². The molecule has 0 fully saturated rings. The lowest BCUT2D eigenvalue weighted by Crippen LogP contribution is -2.17. The second-order valence-corrected chi connectivity index (χ2v) is 5.86. The Bertz CT molecular complexity index is 553. The highest BCUT2D eigenvalue weighted by molar-refractivity contribution is 9.10. The summed E-state index contributed by atoms with van der Waals surface area (Å²) in [5.74, 6) is 0. The van der Waals surface area contributed by atoms with E-state index in [0.717, 1.165) is 22.3 Å². The first kappa shape index (κ1) is 14.6. The number of rotatable bonds is 5. The molecular weight excluding hydrogens is 326 g/mol. The van der Waals surface area contributed by atoms with Gasteiger partial charge in [-0.2, -0.15) is 5.10 Å². The average molecular weight is 343 g/mol. The van der Waals surface area contributed by atoms with Gasteiger partial charge in [-0.1, -0.05) is 27.5 Å². The van der Waals surface area contributed by atoms with Crippen molar-refractivity contribution in [3.05, 3.63) is 51.2 Å². The Balaban J connectivity index is 2.09. The van der Waals surface area contributed by atoms with Crippen molar-refractivity contribution in [2.24, 2.45) is 7.05 Å². The summed E-state index contributed by atoms with van der Waals surface area (Å²) in [6.07, 6.45) is 5.96. The molecule has 0 aliphatic rings. The third-order valence-corrected chi connectivity index (χ3v) is 4.12. The number of halogens is 2. The molecule has 102 valence electrons. The molecule has 0 spiro atoms. The minimum absolute atomic E-state index is 0.272. The maximum absolute atomic E-state index is 6.08. The molecular formula is C14H17BrClN3. The van der Waals surface area contributed by atoms with E-state index in [1.54, 1.807) is 0 Å². The second kappa shape index (κ2) is 6.55. The lowest BCUT2D eigenvalue weighted by molar-refractivity contribution is 0.547. The Kier molecular flexibility index (Phi) is 5.02.